The summed E-state index contributed by atoms with van der Waals surface area (Å²) in [6, 6.07) is 0. The first-order valence-corrected chi connectivity index (χ1v) is 5.02. The summed E-state index contributed by atoms with van der Waals surface area (Å²) >= 11 is 0. The van der Waals surface area contributed by atoms with Gasteiger partial charge in [0.15, 0.2) is 0 Å². The van der Waals surface area contributed by atoms with Crippen LogP contribution in [0.1, 0.15) is 48.5 Å². The molecule has 0 radical (unpaired) electrons. The Morgan fingerprint density at radius 1 is 0.857 bits per heavy atom. The highest BCUT2D eigenvalue weighted by Gasteiger charge is 1.68. The number of hydrogen-bond acceptors (Lipinski definition) is 2. The van der Waals surface area contributed by atoms with Gasteiger partial charge in [-0.1, -0.05) is 47.8 Å². The molecule has 0 aliphatic carbocycles. The van der Waals surface area contributed by atoms with Gasteiger partial charge in [0, 0.05) is 0 Å². The lowest BCUT2D eigenvalue weighted by molar-refractivity contribution is 0.737. The molecular formula is C12H30N2. The Balaban J connectivity index is -0.0000000492. The van der Waals surface area contributed by atoms with E-state index in [0.717, 1.165) is 5.92 Å². The lowest BCUT2D eigenvalue weighted by atomic mass is 10.3. The van der Waals surface area contributed by atoms with Crippen LogP contribution < -0.4 is 11.5 Å². The first kappa shape index (κ1) is 23.2. The highest BCUT2D eigenvalue weighted by Crippen LogP contribution is 1.81. The van der Waals surface area contributed by atoms with Crippen LogP contribution in [0.25, 0.3) is 0 Å². The van der Waals surface area contributed by atoms with Crippen LogP contribution in [0.15, 0.2) is 24.6 Å². The van der Waals surface area contributed by atoms with Gasteiger partial charge in [-0.05, 0) is 31.2 Å². The molecule has 0 saturated carbocycles. The zero-order valence-electron chi connectivity index (χ0n) is 11.1. The molecule has 0 aromatic heterocycles. The highest BCUT2D eigenvalue weighted by molar-refractivity contribution is 4.76. The van der Waals surface area contributed by atoms with Crippen LogP contribution in [-0.4, -0.2) is 0 Å². The molecule has 4 N–H and O–H groups in total. The quantitative estimate of drug-likeness (QED) is 0.630. The number of nitrogens with two attached hydrogens (primary N) is 2. The molecule has 0 aliphatic rings. The molecule has 0 aliphatic heterocycles. The van der Waals surface area contributed by atoms with Gasteiger partial charge in [-0.2, -0.15) is 0 Å². The minimum absolute atomic E-state index is 0.667. The maximum atomic E-state index is 4.92. The molecular weight excluding hydrogens is 172 g/mol. The van der Waals surface area contributed by atoms with Gasteiger partial charge >= 0.3 is 0 Å². The molecule has 0 unspecified atom stereocenters. The number of rotatable bonds is 0. The van der Waals surface area contributed by atoms with Crippen molar-refractivity contribution in [2.75, 3.05) is 0 Å². The number of allylic oxidation sites excluding steroid dienone is 2. The maximum Gasteiger partial charge on any atom is -0.00242 e. The molecule has 0 aromatic carbocycles. The Bertz CT molecular complexity index is 92.7. The third-order valence-corrected chi connectivity index (χ3v) is 0. The SMILES string of the molecule is C=C(C)N.C=C(C)N.CC.CC(C)C. The lowest BCUT2D eigenvalue weighted by Gasteiger charge is -1.79. The average molecular weight is 202 g/mol. The van der Waals surface area contributed by atoms with Crippen molar-refractivity contribution in [1.82, 2.24) is 0 Å². The van der Waals surface area contributed by atoms with E-state index in [9.17, 15) is 0 Å². The highest BCUT2D eigenvalue weighted by atomic mass is 14.5. The Hall–Kier alpha value is -0.920. The molecule has 0 bridgehead atoms. The summed E-state index contributed by atoms with van der Waals surface area (Å²) in [4.78, 5) is 0. The molecule has 0 atom stereocenters. The molecule has 0 fully saturated rings. The Labute approximate surface area is 91.1 Å². The second kappa shape index (κ2) is 22.7. The van der Waals surface area contributed by atoms with Crippen LogP contribution in [0.2, 0.25) is 0 Å². The molecule has 14 heavy (non-hydrogen) atoms. The smallest absolute Gasteiger partial charge is 0.00242 e. The van der Waals surface area contributed by atoms with Gasteiger partial charge in [-0.15, -0.1) is 0 Å². The Kier molecular flexibility index (Phi) is 37.6. The first-order valence-electron chi connectivity index (χ1n) is 5.02. The summed E-state index contributed by atoms with van der Waals surface area (Å²) in [5.74, 6) is 0.833. The lowest BCUT2D eigenvalue weighted by Crippen LogP contribution is -1.83. The van der Waals surface area contributed by atoms with E-state index >= 15 is 0 Å². The van der Waals surface area contributed by atoms with E-state index in [1.807, 2.05) is 13.8 Å². The van der Waals surface area contributed by atoms with E-state index in [1.54, 1.807) is 13.8 Å². The van der Waals surface area contributed by atoms with Gasteiger partial charge in [0.2, 0.25) is 0 Å². The third-order valence-electron chi connectivity index (χ3n) is 0. The summed E-state index contributed by atoms with van der Waals surface area (Å²) in [7, 11) is 0. The van der Waals surface area contributed by atoms with Gasteiger partial charge in [0.1, 0.15) is 0 Å². The third kappa shape index (κ3) is 1330. The van der Waals surface area contributed by atoms with E-state index in [1.165, 1.54) is 0 Å². The summed E-state index contributed by atoms with van der Waals surface area (Å²) < 4.78 is 0. The summed E-state index contributed by atoms with van der Waals surface area (Å²) in [5.41, 5.74) is 11.2. The first-order chi connectivity index (χ1) is 6.20. The second-order valence-corrected chi connectivity index (χ2v) is 3.42. The minimum Gasteiger partial charge on any atom is -0.403 e. The van der Waals surface area contributed by atoms with E-state index < -0.39 is 0 Å². The van der Waals surface area contributed by atoms with E-state index in [2.05, 4.69) is 33.9 Å². The zero-order chi connectivity index (χ0) is 12.7. The topological polar surface area (TPSA) is 52.0 Å². The Morgan fingerprint density at radius 3 is 0.857 bits per heavy atom. The zero-order valence-corrected chi connectivity index (χ0v) is 11.1. The van der Waals surface area contributed by atoms with Crippen molar-refractivity contribution in [1.29, 1.82) is 0 Å². The largest absolute Gasteiger partial charge is 0.403 e. The monoisotopic (exact) mass is 202 g/mol. The standard InChI is InChI=1S/C4H10.2C3H7N.C2H6/c1-4(2)3;2*1-3(2)4;1-2/h4H,1-3H3;2*1,4H2,2H3;1-2H3. The van der Waals surface area contributed by atoms with Gasteiger partial charge in [0.05, 0.1) is 0 Å². The van der Waals surface area contributed by atoms with Crippen molar-refractivity contribution in [3.63, 3.8) is 0 Å². The second-order valence-electron chi connectivity index (χ2n) is 3.42. The van der Waals surface area contributed by atoms with Gasteiger partial charge in [-0.25, -0.2) is 0 Å². The fraction of sp³-hybridized carbons (Fsp3) is 0.667. The predicted molar refractivity (Wildman–Crippen MR) is 69.9 cm³/mol. The van der Waals surface area contributed by atoms with Gasteiger partial charge < -0.3 is 11.5 Å². The molecule has 0 aromatic rings. The van der Waals surface area contributed by atoms with Crippen LogP contribution in [0.3, 0.4) is 0 Å². The van der Waals surface area contributed by atoms with Crippen LogP contribution in [0.4, 0.5) is 0 Å². The Morgan fingerprint density at radius 2 is 0.857 bits per heavy atom. The van der Waals surface area contributed by atoms with Crippen molar-refractivity contribution < 1.29 is 0 Å². The fourth-order valence-electron chi connectivity index (χ4n) is 0. The van der Waals surface area contributed by atoms with Gasteiger partial charge in [-0.3, -0.25) is 0 Å². The average Bonchev–Trinajstić information content (AvgIpc) is 1.86. The minimum atomic E-state index is 0.667. The fourth-order valence-corrected chi connectivity index (χ4v) is 0. The van der Waals surface area contributed by atoms with Crippen molar-refractivity contribution >= 4 is 0 Å². The van der Waals surface area contributed by atoms with Crippen molar-refractivity contribution in [2.45, 2.75) is 48.5 Å². The summed E-state index contributed by atoms with van der Waals surface area (Å²) in [6.07, 6.45) is 0. The molecule has 0 saturated heterocycles. The van der Waals surface area contributed by atoms with Crippen LogP contribution in [0, 0.1) is 5.92 Å². The predicted octanol–water partition coefficient (Wildman–Crippen LogP) is 3.65. The van der Waals surface area contributed by atoms with Crippen molar-refractivity contribution in [2.24, 2.45) is 17.4 Å². The van der Waals surface area contributed by atoms with Crippen LogP contribution >= 0.6 is 0 Å². The molecule has 2 heteroatoms. The molecule has 88 valence electrons. The summed E-state index contributed by atoms with van der Waals surface area (Å²) in [6.45, 7) is 20.7. The molecule has 0 rings (SSSR count). The van der Waals surface area contributed by atoms with E-state index in [4.69, 9.17) is 11.5 Å². The number of hydrogen-bond donors (Lipinski definition) is 2. The van der Waals surface area contributed by atoms with Crippen LogP contribution in [-0.2, 0) is 0 Å². The van der Waals surface area contributed by atoms with Gasteiger partial charge in [0.25, 0.3) is 0 Å². The van der Waals surface area contributed by atoms with Crippen molar-refractivity contribution in [3.05, 3.63) is 24.6 Å². The molecule has 0 spiro atoms. The molecule has 0 amide bonds. The summed E-state index contributed by atoms with van der Waals surface area (Å²) in [5, 5.41) is 0. The van der Waals surface area contributed by atoms with Crippen molar-refractivity contribution in [3.8, 4) is 0 Å². The normalized spacial score (nSPS) is 6.57. The molecule has 0 heterocycles. The maximum absolute atomic E-state index is 4.92. The van der Waals surface area contributed by atoms with E-state index in [0.29, 0.717) is 11.4 Å². The molecule has 2 nitrogen and oxygen atoms in total. The van der Waals surface area contributed by atoms with E-state index in [-0.39, 0.29) is 0 Å². The van der Waals surface area contributed by atoms with Crippen LogP contribution in [0.5, 0.6) is 0 Å².